The molecule has 0 N–H and O–H groups in total. The summed E-state index contributed by atoms with van der Waals surface area (Å²) in [7, 11) is 0. The summed E-state index contributed by atoms with van der Waals surface area (Å²) in [6, 6.07) is 0.871. The number of rotatable bonds is 2. The van der Waals surface area contributed by atoms with Crippen LogP contribution in [0.3, 0.4) is 0 Å². The van der Waals surface area contributed by atoms with Crippen LogP contribution in [0.4, 0.5) is 0 Å². The maximum absolute atomic E-state index is 12.1. The van der Waals surface area contributed by atoms with Gasteiger partial charge in [0.25, 0.3) is 0 Å². The van der Waals surface area contributed by atoms with Crippen LogP contribution in [0.2, 0.25) is 0 Å². The topological polar surface area (TPSA) is 41.9 Å². The van der Waals surface area contributed by atoms with Crippen LogP contribution in [0.5, 0.6) is 0 Å². The van der Waals surface area contributed by atoms with Crippen molar-refractivity contribution in [3.05, 3.63) is 0 Å². The van der Waals surface area contributed by atoms with Crippen LogP contribution in [0, 0.1) is 17.8 Å². The molecule has 2 aliphatic heterocycles. The largest absolute Gasteiger partial charge is 0.466 e. The molecule has 0 bridgehead atoms. The first-order valence-electron chi connectivity index (χ1n) is 8.13. The molecular formula is C16H26N2O2. The molecule has 4 nitrogen and oxygen atoms in total. The van der Waals surface area contributed by atoms with Crippen LogP contribution in [-0.2, 0) is 9.53 Å². The van der Waals surface area contributed by atoms with Gasteiger partial charge in [-0.15, -0.1) is 0 Å². The number of carbonyl (C=O) groups is 1. The molecule has 2 heterocycles. The van der Waals surface area contributed by atoms with E-state index in [9.17, 15) is 4.79 Å². The summed E-state index contributed by atoms with van der Waals surface area (Å²) in [5.41, 5.74) is 0. The Hall–Kier alpha value is -0.900. The minimum Gasteiger partial charge on any atom is -0.466 e. The van der Waals surface area contributed by atoms with Gasteiger partial charge in [0, 0.05) is 24.2 Å². The second-order valence-electron chi connectivity index (χ2n) is 6.62. The van der Waals surface area contributed by atoms with E-state index in [0.717, 1.165) is 25.4 Å². The Morgan fingerprint density at radius 2 is 2.20 bits per heavy atom. The maximum atomic E-state index is 12.1. The number of ether oxygens (including phenoxy) is 1. The van der Waals surface area contributed by atoms with Crippen LogP contribution in [0.25, 0.3) is 0 Å². The lowest BCUT2D eigenvalue weighted by atomic mass is 9.78. The summed E-state index contributed by atoms with van der Waals surface area (Å²) in [4.78, 5) is 19.3. The predicted molar refractivity (Wildman–Crippen MR) is 78.9 cm³/mol. The van der Waals surface area contributed by atoms with Crippen LogP contribution < -0.4 is 0 Å². The van der Waals surface area contributed by atoms with E-state index in [1.165, 1.54) is 19.3 Å². The van der Waals surface area contributed by atoms with Crippen molar-refractivity contribution in [2.75, 3.05) is 19.7 Å². The molecule has 20 heavy (non-hydrogen) atoms. The quantitative estimate of drug-likeness (QED) is 0.727. The zero-order valence-electron chi connectivity index (χ0n) is 12.6. The van der Waals surface area contributed by atoms with Crippen molar-refractivity contribution >= 4 is 12.2 Å². The lowest BCUT2D eigenvalue weighted by Crippen LogP contribution is -2.48. The van der Waals surface area contributed by atoms with Gasteiger partial charge in [0.2, 0.25) is 0 Å². The van der Waals surface area contributed by atoms with Gasteiger partial charge in [-0.25, -0.2) is 0 Å². The Bertz CT molecular complexity index is 396. The highest BCUT2D eigenvalue weighted by atomic mass is 16.5. The average molecular weight is 278 g/mol. The van der Waals surface area contributed by atoms with Gasteiger partial charge in [0.15, 0.2) is 0 Å². The fourth-order valence-corrected chi connectivity index (χ4v) is 4.33. The van der Waals surface area contributed by atoms with Gasteiger partial charge < -0.3 is 4.74 Å². The number of nitrogens with zero attached hydrogens (tertiary/aromatic N) is 2. The molecule has 5 unspecified atom stereocenters. The van der Waals surface area contributed by atoms with Crippen molar-refractivity contribution in [2.45, 2.75) is 51.6 Å². The van der Waals surface area contributed by atoms with E-state index in [2.05, 4.69) is 23.0 Å². The van der Waals surface area contributed by atoms with Gasteiger partial charge in [-0.1, -0.05) is 6.92 Å². The van der Waals surface area contributed by atoms with E-state index in [1.807, 2.05) is 6.92 Å². The van der Waals surface area contributed by atoms with Crippen LogP contribution >= 0.6 is 0 Å². The Labute approximate surface area is 121 Å². The van der Waals surface area contributed by atoms with E-state index in [0.29, 0.717) is 18.6 Å². The smallest absolute Gasteiger partial charge is 0.310 e. The third-order valence-corrected chi connectivity index (χ3v) is 5.32. The first-order chi connectivity index (χ1) is 9.70. The fourth-order valence-electron chi connectivity index (χ4n) is 4.33. The molecule has 0 aromatic carbocycles. The number of hydrogen-bond acceptors (Lipinski definition) is 4. The molecule has 0 radical (unpaired) electrons. The summed E-state index contributed by atoms with van der Waals surface area (Å²) in [5, 5.41) is 0. The highest BCUT2D eigenvalue weighted by Crippen LogP contribution is 2.38. The van der Waals surface area contributed by atoms with Gasteiger partial charge in [0.05, 0.1) is 19.1 Å². The molecule has 0 aromatic rings. The van der Waals surface area contributed by atoms with E-state index < -0.39 is 0 Å². The Balaban J connectivity index is 1.75. The highest BCUT2D eigenvalue weighted by Gasteiger charge is 2.45. The third-order valence-electron chi connectivity index (χ3n) is 5.32. The standard InChI is InChI=1S/C16H26N2O2/c1-3-20-16(19)13-6-7-18-14-5-4-11(2)8-12(14)9-17-10-15(13)18/h9,11-15H,3-8,10H2,1-2H3. The Kier molecular flexibility index (Phi) is 4.11. The number of esters is 1. The minimum absolute atomic E-state index is 0.0159. The molecule has 1 saturated carbocycles. The number of aliphatic imine (C=N–C) groups is 1. The normalized spacial score (nSPS) is 40.8. The van der Waals surface area contributed by atoms with Crippen molar-refractivity contribution in [1.29, 1.82) is 0 Å². The van der Waals surface area contributed by atoms with Crippen LogP contribution in [0.1, 0.15) is 39.5 Å². The number of carbonyl (C=O) groups excluding carboxylic acids is 1. The van der Waals surface area contributed by atoms with Gasteiger partial charge in [-0.2, -0.15) is 0 Å². The zero-order chi connectivity index (χ0) is 14.1. The lowest BCUT2D eigenvalue weighted by molar-refractivity contribution is -0.148. The van der Waals surface area contributed by atoms with Crippen LogP contribution in [-0.4, -0.2) is 48.9 Å². The van der Waals surface area contributed by atoms with Gasteiger partial charge >= 0.3 is 5.97 Å². The predicted octanol–water partition coefficient (Wildman–Crippen LogP) is 2.13. The van der Waals surface area contributed by atoms with Gasteiger partial charge in [-0.05, 0) is 45.1 Å². The molecule has 5 atom stereocenters. The molecule has 3 rings (SSSR count). The SMILES string of the molecule is CCOC(=O)C1CCN2C3CCC(C)CC3C=NCC12. The molecule has 4 heteroatoms. The van der Waals surface area contributed by atoms with E-state index in [1.54, 1.807) is 0 Å². The minimum atomic E-state index is -0.0159. The van der Waals surface area contributed by atoms with Gasteiger partial charge in [0.1, 0.15) is 0 Å². The fraction of sp³-hybridized carbons (Fsp3) is 0.875. The van der Waals surface area contributed by atoms with E-state index in [4.69, 9.17) is 4.74 Å². The summed E-state index contributed by atoms with van der Waals surface area (Å²) >= 11 is 0. The molecule has 0 aromatic heterocycles. The third kappa shape index (κ3) is 2.50. The number of hydrogen-bond donors (Lipinski definition) is 0. The second-order valence-corrected chi connectivity index (χ2v) is 6.62. The molecule has 112 valence electrons. The summed E-state index contributed by atoms with van der Waals surface area (Å²) in [6.07, 6.45) is 6.94. The Morgan fingerprint density at radius 3 is 3.00 bits per heavy atom. The number of fused-ring (bicyclic) bond motifs is 3. The van der Waals surface area contributed by atoms with Crippen LogP contribution in [0.15, 0.2) is 4.99 Å². The Morgan fingerprint density at radius 1 is 1.35 bits per heavy atom. The maximum Gasteiger partial charge on any atom is 0.310 e. The molecule has 2 fully saturated rings. The molecule has 3 aliphatic rings. The zero-order valence-corrected chi connectivity index (χ0v) is 12.6. The monoisotopic (exact) mass is 278 g/mol. The van der Waals surface area contributed by atoms with Crippen molar-refractivity contribution in [2.24, 2.45) is 22.7 Å². The first-order valence-corrected chi connectivity index (χ1v) is 8.13. The molecule has 1 aliphatic carbocycles. The summed E-state index contributed by atoms with van der Waals surface area (Å²) in [5.74, 6) is 1.41. The summed E-state index contributed by atoms with van der Waals surface area (Å²) < 4.78 is 5.25. The van der Waals surface area contributed by atoms with Crippen molar-refractivity contribution in [1.82, 2.24) is 4.90 Å². The highest BCUT2D eigenvalue weighted by molar-refractivity contribution is 5.74. The second kappa shape index (κ2) is 5.84. The lowest BCUT2D eigenvalue weighted by Gasteiger charge is -2.40. The van der Waals surface area contributed by atoms with E-state index >= 15 is 0 Å². The van der Waals surface area contributed by atoms with Gasteiger partial charge in [-0.3, -0.25) is 14.7 Å². The van der Waals surface area contributed by atoms with Crippen molar-refractivity contribution < 1.29 is 9.53 Å². The molecule has 1 saturated heterocycles. The van der Waals surface area contributed by atoms with Crippen molar-refractivity contribution in [3.8, 4) is 0 Å². The van der Waals surface area contributed by atoms with Crippen molar-refractivity contribution in [3.63, 3.8) is 0 Å². The molecule has 0 amide bonds. The molecule has 0 spiro atoms. The first kappa shape index (κ1) is 14.1. The molecular weight excluding hydrogens is 252 g/mol. The van der Waals surface area contributed by atoms with E-state index in [-0.39, 0.29) is 17.9 Å². The average Bonchev–Trinajstić information content (AvgIpc) is 2.75. The summed E-state index contributed by atoms with van der Waals surface area (Å²) in [6.45, 7) is 6.51.